The third kappa shape index (κ3) is 4.99. The van der Waals surface area contributed by atoms with Gasteiger partial charge in [-0.1, -0.05) is 49.6 Å². The number of amides is 2. The van der Waals surface area contributed by atoms with Crippen LogP contribution >= 0.6 is 0 Å². The third-order valence-electron chi connectivity index (χ3n) is 6.08. The molecule has 1 aromatic heterocycles. The Balaban J connectivity index is 1.30. The van der Waals surface area contributed by atoms with E-state index in [-0.39, 0.29) is 17.7 Å². The smallest absolute Gasteiger partial charge is 0.317 e. The Morgan fingerprint density at radius 1 is 1.24 bits per heavy atom. The van der Waals surface area contributed by atoms with Gasteiger partial charge in [0, 0.05) is 38.4 Å². The minimum Gasteiger partial charge on any atom is -0.368 e. The summed E-state index contributed by atoms with van der Waals surface area (Å²) in [4.78, 5) is 19.2. The Morgan fingerprint density at radius 2 is 2.03 bits per heavy atom. The van der Waals surface area contributed by atoms with E-state index in [1.807, 2.05) is 23.4 Å². The Morgan fingerprint density at radius 3 is 2.83 bits per heavy atom. The van der Waals surface area contributed by atoms with Gasteiger partial charge in [-0.05, 0) is 25.3 Å². The number of carbonyl (C=O) groups is 1. The van der Waals surface area contributed by atoms with Crippen LogP contribution in [-0.2, 0) is 17.7 Å². The van der Waals surface area contributed by atoms with Crippen LogP contribution in [0.2, 0.25) is 0 Å². The van der Waals surface area contributed by atoms with Gasteiger partial charge in [0.2, 0.25) is 0 Å². The van der Waals surface area contributed by atoms with Crippen molar-refractivity contribution in [2.24, 2.45) is 0 Å². The quantitative estimate of drug-likeness (QED) is 0.840. The van der Waals surface area contributed by atoms with Gasteiger partial charge in [-0.2, -0.15) is 0 Å². The highest BCUT2D eigenvalue weighted by atomic mass is 16.5. The van der Waals surface area contributed by atoms with E-state index < -0.39 is 0 Å². The zero-order chi connectivity index (χ0) is 20.1. The molecule has 156 valence electrons. The fourth-order valence-electron chi connectivity index (χ4n) is 4.74. The zero-order valence-corrected chi connectivity index (χ0v) is 17.3. The molecule has 1 unspecified atom stereocenters. The first-order valence-corrected chi connectivity index (χ1v) is 10.9. The molecule has 6 nitrogen and oxygen atoms in total. The van der Waals surface area contributed by atoms with Crippen molar-refractivity contribution in [2.75, 3.05) is 19.6 Å². The van der Waals surface area contributed by atoms with Crippen molar-refractivity contribution in [3.63, 3.8) is 0 Å². The van der Waals surface area contributed by atoms with Gasteiger partial charge >= 0.3 is 6.03 Å². The Labute approximate surface area is 173 Å². The van der Waals surface area contributed by atoms with E-state index in [1.165, 1.54) is 24.8 Å². The molecule has 1 saturated heterocycles. The van der Waals surface area contributed by atoms with E-state index in [4.69, 9.17) is 4.74 Å². The summed E-state index contributed by atoms with van der Waals surface area (Å²) in [6.45, 7) is 4.84. The second-order valence-corrected chi connectivity index (χ2v) is 8.49. The van der Waals surface area contributed by atoms with Gasteiger partial charge in [-0.15, -0.1) is 0 Å². The zero-order valence-electron chi connectivity index (χ0n) is 17.3. The third-order valence-corrected chi connectivity index (χ3v) is 6.08. The Kier molecular flexibility index (Phi) is 6.19. The molecule has 2 amide bonds. The number of nitrogens with zero attached hydrogens (tertiary/aromatic N) is 3. The molecule has 29 heavy (non-hydrogen) atoms. The van der Waals surface area contributed by atoms with Crippen LogP contribution < -0.4 is 5.32 Å². The van der Waals surface area contributed by atoms with Crippen LogP contribution in [0.3, 0.4) is 0 Å². The van der Waals surface area contributed by atoms with Crippen molar-refractivity contribution >= 4 is 6.03 Å². The Bertz CT molecular complexity index is 798. The van der Waals surface area contributed by atoms with Gasteiger partial charge < -0.3 is 19.5 Å². The predicted octanol–water partition coefficient (Wildman–Crippen LogP) is 3.61. The molecule has 0 bridgehead atoms. The number of ether oxygens (including phenoxy) is 1. The van der Waals surface area contributed by atoms with Crippen molar-refractivity contribution in [3.8, 4) is 0 Å². The summed E-state index contributed by atoms with van der Waals surface area (Å²) < 4.78 is 8.44. The highest BCUT2D eigenvalue weighted by Crippen LogP contribution is 2.36. The lowest BCUT2D eigenvalue weighted by Crippen LogP contribution is -2.59. The number of urea groups is 1. The second-order valence-electron chi connectivity index (χ2n) is 8.49. The predicted molar refractivity (Wildman–Crippen MR) is 113 cm³/mol. The summed E-state index contributed by atoms with van der Waals surface area (Å²) in [7, 11) is 0. The summed E-state index contributed by atoms with van der Waals surface area (Å²) >= 11 is 0. The van der Waals surface area contributed by atoms with Gasteiger partial charge in [-0.25, -0.2) is 9.78 Å². The SMILES string of the molecule is CC1CN(C(=O)NCCc2nccn2Cc2ccccc2)CC2(CCCCC2)O1. The molecule has 2 heterocycles. The molecular formula is C23H32N4O2. The molecule has 2 aromatic rings. The number of morpholine rings is 1. The molecule has 1 aliphatic heterocycles. The van der Waals surface area contributed by atoms with Crippen molar-refractivity contribution in [1.29, 1.82) is 0 Å². The lowest BCUT2D eigenvalue weighted by Gasteiger charge is -2.47. The fourth-order valence-corrected chi connectivity index (χ4v) is 4.74. The maximum Gasteiger partial charge on any atom is 0.317 e. The van der Waals surface area contributed by atoms with Crippen LogP contribution in [0.5, 0.6) is 0 Å². The number of rotatable bonds is 5. The van der Waals surface area contributed by atoms with Crippen molar-refractivity contribution in [2.45, 2.75) is 63.7 Å². The number of carbonyl (C=O) groups excluding carboxylic acids is 1. The van der Waals surface area contributed by atoms with Crippen LogP contribution in [0.15, 0.2) is 42.7 Å². The normalized spacial score (nSPS) is 21.3. The molecule has 1 aliphatic carbocycles. The van der Waals surface area contributed by atoms with Crippen molar-refractivity contribution < 1.29 is 9.53 Å². The van der Waals surface area contributed by atoms with Gasteiger partial charge in [0.05, 0.1) is 18.2 Å². The maximum absolute atomic E-state index is 12.8. The molecule has 2 fully saturated rings. The summed E-state index contributed by atoms with van der Waals surface area (Å²) in [5.41, 5.74) is 1.12. The maximum atomic E-state index is 12.8. The Hall–Kier alpha value is -2.34. The van der Waals surface area contributed by atoms with E-state index in [9.17, 15) is 4.79 Å². The molecule has 1 spiro atoms. The highest BCUT2D eigenvalue weighted by molar-refractivity contribution is 5.74. The summed E-state index contributed by atoms with van der Waals surface area (Å²) in [6, 6.07) is 10.4. The number of aromatic nitrogens is 2. The number of hydrogen-bond acceptors (Lipinski definition) is 3. The summed E-state index contributed by atoms with van der Waals surface area (Å²) in [6.07, 6.45) is 10.5. The minimum absolute atomic E-state index is 0.0197. The van der Waals surface area contributed by atoms with Crippen LogP contribution in [0.4, 0.5) is 4.79 Å². The molecule has 1 aromatic carbocycles. The van der Waals surface area contributed by atoms with Gasteiger partial charge in [-0.3, -0.25) is 0 Å². The molecular weight excluding hydrogens is 364 g/mol. The van der Waals surface area contributed by atoms with Gasteiger partial charge in [0.25, 0.3) is 0 Å². The topological polar surface area (TPSA) is 59.4 Å². The van der Waals surface area contributed by atoms with E-state index in [0.29, 0.717) is 19.6 Å². The first-order chi connectivity index (χ1) is 14.1. The lowest BCUT2D eigenvalue weighted by atomic mass is 9.83. The van der Waals surface area contributed by atoms with E-state index in [0.717, 1.165) is 31.6 Å². The van der Waals surface area contributed by atoms with E-state index in [2.05, 4.69) is 46.1 Å². The minimum atomic E-state index is -0.126. The highest BCUT2D eigenvalue weighted by Gasteiger charge is 2.41. The van der Waals surface area contributed by atoms with Crippen LogP contribution in [-0.4, -0.2) is 51.8 Å². The molecule has 1 saturated carbocycles. The summed E-state index contributed by atoms with van der Waals surface area (Å²) in [5.74, 6) is 0.994. The van der Waals surface area contributed by atoms with Crippen LogP contribution in [0.1, 0.15) is 50.4 Å². The van der Waals surface area contributed by atoms with Crippen molar-refractivity contribution in [3.05, 3.63) is 54.1 Å². The first kappa shape index (κ1) is 20.0. The lowest BCUT2D eigenvalue weighted by molar-refractivity contribution is -0.153. The van der Waals surface area contributed by atoms with Gasteiger partial charge in [0.1, 0.15) is 5.82 Å². The number of imidazole rings is 1. The monoisotopic (exact) mass is 396 g/mol. The number of hydrogen-bond donors (Lipinski definition) is 1. The first-order valence-electron chi connectivity index (χ1n) is 10.9. The molecule has 1 N–H and O–H groups in total. The number of nitrogens with one attached hydrogen (secondary N) is 1. The summed E-state index contributed by atoms with van der Waals surface area (Å²) in [5, 5.41) is 3.10. The standard InChI is InChI=1S/C23H32N4O2/c1-19-16-27(18-23(29-19)11-6-3-7-12-23)22(28)25-13-10-21-24-14-15-26(21)17-20-8-4-2-5-9-20/h2,4-5,8-9,14-15,19H,3,6-7,10-13,16-18H2,1H3,(H,25,28). The average molecular weight is 397 g/mol. The van der Waals surface area contributed by atoms with Crippen LogP contribution in [0, 0.1) is 0 Å². The molecule has 4 rings (SSSR count). The molecule has 0 radical (unpaired) electrons. The van der Waals surface area contributed by atoms with Gasteiger partial charge in [0.15, 0.2) is 0 Å². The molecule has 6 heteroatoms. The molecule has 1 atom stereocenters. The van der Waals surface area contributed by atoms with E-state index >= 15 is 0 Å². The van der Waals surface area contributed by atoms with Crippen LogP contribution in [0.25, 0.3) is 0 Å². The fraction of sp³-hybridized carbons (Fsp3) is 0.565. The molecule has 2 aliphatic rings. The number of benzene rings is 1. The second kappa shape index (κ2) is 8.99. The van der Waals surface area contributed by atoms with Crippen molar-refractivity contribution in [1.82, 2.24) is 19.8 Å². The average Bonchev–Trinajstić information content (AvgIpc) is 3.15. The van der Waals surface area contributed by atoms with E-state index in [1.54, 1.807) is 0 Å². The largest absolute Gasteiger partial charge is 0.368 e.